The first-order chi connectivity index (χ1) is 16.0. The van der Waals surface area contributed by atoms with Crippen molar-refractivity contribution in [2.75, 3.05) is 12.0 Å². The summed E-state index contributed by atoms with van der Waals surface area (Å²) in [5, 5.41) is 5.02. The van der Waals surface area contributed by atoms with Gasteiger partial charge in [-0.15, -0.1) is 11.8 Å². The van der Waals surface area contributed by atoms with E-state index in [0.29, 0.717) is 21.7 Å². The second-order valence-corrected chi connectivity index (χ2v) is 9.06. The highest BCUT2D eigenvalue weighted by molar-refractivity contribution is 7.99. The summed E-state index contributed by atoms with van der Waals surface area (Å²) >= 11 is 2.86. The Hall–Kier alpha value is -3.36. The molecule has 0 unspecified atom stereocenters. The van der Waals surface area contributed by atoms with Crippen LogP contribution < -0.4 is 11.0 Å². The molecule has 0 atom stereocenters. The molecular formula is C25H22N4O2S2. The fourth-order valence-corrected chi connectivity index (χ4v) is 4.38. The molecule has 1 amide bonds. The number of hydrogen-bond donors (Lipinski definition) is 1. The number of aromatic nitrogens is 2. The molecule has 0 saturated carbocycles. The van der Waals surface area contributed by atoms with Crippen molar-refractivity contribution < 1.29 is 4.79 Å². The highest BCUT2D eigenvalue weighted by Crippen LogP contribution is 2.21. The van der Waals surface area contributed by atoms with Gasteiger partial charge in [-0.2, -0.15) is 5.10 Å². The van der Waals surface area contributed by atoms with Gasteiger partial charge in [0.15, 0.2) is 5.16 Å². The number of carbonyl (C=O) groups is 1. The molecule has 3 aromatic carbocycles. The van der Waals surface area contributed by atoms with Gasteiger partial charge >= 0.3 is 0 Å². The molecule has 1 heterocycles. The van der Waals surface area contributed by atoms with Crippen molar-refractivity contribution >= 4 is 46.5 Å². The largest absolute Gasteiger partial charge is 0.272 e. The highest BCUT2D eigenvalue weighted by Gasteiger charge is 2.14. The second-order valence-electron chi connectivity index (χ2n) is 7.24. The van der Waals surface area contributed by atoms with Crippen molar-refractivity contribution in [1.29, 1.82) is 0 Å². The Balaban J connectivity index is 1.53. The number of hydrazone groups is 1. The van der Waals surface area contributed by atoms with Crippen LogP contribution in [0.5, 0.6) is 0 Å². The van der Waals surface area contributed by atoms with Gasteiger partial charge in [-0.05, 0) is 55.1 Å². The molecule has 1 aromatic heterocycles. The van der Waals surface area contributed by atoms with E-state index in [-0.39, 0.29) is 17.2 Å². The third-order valence-corrected chi connectivity index (χ3v) is 6.57. The van der Waals surface area contributed by atoms with Gasteiger partial charge in [-0.1, -0.05) is 53.7 Å². The van der Waals surface area contributed by atoms with E-state index in [2.05, 4.69) is 15.5 Å². The van der Waals surface area contributed by atoms with Crippen LogP contribution in [0.15, 0.2) is 92.7 Å². The van der Waals surface area contributed by atoms with Crippen LogP contribution in [-0.4, -0.2) is 33.7 Å². The van der Waals surface area contributed by atoms with Gasteiger partial charge in [0, 0.05) is 4.90 Å². The molecule has 8 heteroatoms. The normalized spacial score (nSPS) is 11.2. The summed E-state index contributed by atoms with van der Waals surface area (Å²) < 4.78 is 1.55. The number of benzene rings is 3. The van der Waals surface area contributed by atoms with Crippen LogP contribution in [0, 0.1) is 6.92 Å². The topological polar surface area (TPSA) is 76.3 Å². The van der Waals surface area contributed by atoms with Gasteiger partial charge in [-0.25, -0.2) is 10.4 Å². The number of aryl methyl sites for hydroxylation is 1. The maximum atomic E-state index is 13.2. The summed E-state index contributed by atoms with van der Waals surface area (Å²) in [4.78, 5) is 31.4. The van der Waals surface area contributed by atoms with Crippen LogP contribution in [0.3, 0.4) is 0 Å². The molecule has 0 aliphatic carbocycles. The Kier molecular flexibility index (Phi) is 7.26. The summed E-state index contributed by atoms with van der Waals surface area (Å²) in [6.07, 6.45) is 3.62. The minimum Gasteiger partial charge on any atom is -0.272 e. The number of nitrogens with one attached hydrogen (secondary N) is 1. The van der Waals surface area contributed by atoms with E-state index >= 15 is 0 Å². The fourth-order valence-electron chi connectivity index (χ4n) is 3.16. The van der Waals surface area contributed by atoms with Gasteiger partial charge in [0.1, 0.15) is 0 Å². The lowest BCUT2D eigenvalue weighted by Crippen LogP contribution is -2.24. The minimum atomic E-state index is -0.283. The predicted molar refractivity (Wildman–Crippen MR) is 137 cm³/mol. The zero-order valence-corrected chi connectivity index (χ0v) is 19.8. The van der Waals surface area contributed by atoms with Crippen molar-refractivity contribution in [1.82, 2.24) is 15.0 Å². The Morgan fingerprint density at radius 1 is 1.06 bits per heavy atom. The monoisotopic (exact) mass is 474 g/mol. The van der Waals surface area contributed by atoms with E-state index in [1.165, 1.54) is 11.8 Å². The zero-order chi connectivity index (χ0) is 23.2. The number of amides is 1. The molecule has 4 aromatic rings. The van der Waals surface area contributed by atoms with Gasteiger partial charge in [-0.3, -0.25) is 14.2 Å². The Bertz CT molecular complexity index is 1360. The number of nitrogens with zero attached hydrogens (tertiary/aromatic N) is 3. The van der Waals surface area contributed by atoms with E-state index in [1.807, 2.05) is 73.8 Å². The van der Waals surface area contributed by atoms with Gasteiger partial charge in [0.05, 0.1) is 28.6 Å². The second kappa shape index (κ2) is 10.5. The van der Waals surface area contributed by atoms with Crippen LogP contribution in [0.2, 0.25) is 0 Å². The van der Waals surface area contributed by atoms with E-state index in [9.17, 15) is 9.59 Å². The molecule has 0 radical (unpaired) electrons. The average Bonchev–Trinajstić information content (AvgIpc) is 2.84. The van der Waals surface area contributed by atoms with Crippen LogP contribution in [0.1, 0.15) is 11.1 Å². The SMILES string of the molecule is CSc1ccc(C=NNC(=O)CSc2nc3ccccc3c(=O)n2-c2ccc(C)cc2)cc1. The van der Waals surface area contributed by atoms with Crippen molar-refractivity contribution in [2.24, 2.45) is 5.10 Å². The Labute approximate surface area is 200 Å². The standard InChI is InChI=1S/C25H22N4O2S2/c1-17-7-11-19(12-8-17)29-24(31)21-5-3-4-6-22(21)27-25(29)33-16-23(30)28-26-15-18-9-13-20(32-2)14-10-18/h3-15H,16H2,1-2H3,(H,28,30). The number of fused-ring (bicyclic) bond motifs is 1. The third kappa shape index (κ3) is 5.53. The van der Waals surface area contributed by atoms with Crippen LogP contribution in [0.25, 0.3) is 16.6 Å². The molecule has 166 valence electrons. The van der Waals surface area contributed by atoms with Crippen molar-refractivity contribution in [3.05, 3.63) is 94.3 Å². The number of carbonyl (C=O) groups excluding carboxylic acids is 1. The molecule has 6 nitrogen and oxygen atoms in total. The summed E-state index contributed by atoms with van der Waals surface area (Å²) in [5.74, 6) is -0.214. The first-order valence-corrected chi connectivity index (χ1v) is 12.4. The summed E-state index contributed by atoms with van der Waals surface area (Å²) in [6, 6.07) is 22.7. The van der Waals surface area contributed by atoms with E-state index in [0.717, 1.165) is 16.0 Å². The molecule has 0 spiro atoms. The van der Waals surface area contributed by atoms with Crippen molar-refractivity contribution in [2.45, 2.75) is 17.0 Å². The highest BCUT2D eigenvalue weighted by atomic mass is 32.2. The van der Waals surface area contributed by atoms with Crippen LogP contribution >= 0.6 is 23.5 Å². The molecule has 33 heavy (non-hydrogen) atoms. The molecule has 0 bridgehead atoms. The van der Waals surface area contributed by atoms with Gasteiger partial charge < -0.3 is 0 Å². The third-order valence-electron chi connectivity index (χ3n) is 4.89. The smallest absolute Gasteiger partial charge is 0.266 e. The maximum Gasteiger partial charge on any atom is 0.266 e. The quantitative estimate of drug-likeness (QED) is 0.182. The van der Waals surface area contributed by atoms with E-state index in [1.54, 1.807) is 34.7 Å². The van der Waals surface area contributed by atoms with Crippen LogP contribution in [-0.2, 0) is 4.79 Å². The molecule has 0 aliphatic heterocycles. The van der Waals surface area contributed by atoms with E-state index < -0.39 is 0 Å². The Morgan fingerprint density at radius 3 is 2.52 bits per heavy atom. The lowest BCUT2D eigenvalue weighted by molar-refractivity contribution is -0.118. The zero-order valence-electron chi connectivity index (χ0n) is 18.2. The van der Waals surface area contributed by atoms with Gasteiger partial charge in [0.25, 0.3) is 11.5 Å². The average molecular weight is 475 g/mol. The lowest BCUT2D eigenvalue weighted by atomic mass is 10.2. The lowest BCUT2D eigenvalue weighted by Gasteiger charge is -2.13. The predicted octanol–water partition coefficient (Wildman–Crippen LogP) is 4.66. The molecule has 0 fully saturated rings. The molecular weight excluding hydrogens is 452 g/mol. The van der Waals surface area contributed by atoms with Crippen molar-refractivity contribution in [3.63, 3.8) is 0 Å². The summed E-state index contributed by atoms with van der Waals surface area (Å²) in [6.45, 7) is 1.99. The number of thioether (sulfide) groups is 2. The first-order valence-electron chi connectivity index (χ1n) is 10.2. The molecule has 0 saturated heterocycles. The number of rotatable bonds is 7. The fraction of sp³-hybridized carbons (Fsp3) is 0.120. The van der Waals surface area contributed by atoms with Crippen molar-refractivity contribution in [3.8, 4) is 5.69 Å². The Morgan fingerprint density at radius 2 is 1.79 bits per heavy atom. The summed E-state index contributed by atoms with van der Waals surface area (Å²) in [5.41, 5.74) is 5.66. The van der Waals surface area contributed by atoms with Gasteiger partial charge in [0.2, 0.25) is 0 Å². The molecule has 0 aliphatic rings. The van der Waals surface area contributed by atoms with E-state index in [4.69, 9.17) is 0 Å². The number of hydrogen-bond acceptors (Lipinski definition) is 6. The first kappa shape index (κ1) is 22.8. The number of para-hydroxylation sites is 1. The maximum absolute atomic E-state index is 13.2. The molecule has 4 rings (SSSR count). The summed E-state index contributed by atoms with van der Waals surface area (Å²) in [7, 11) is 0. The van der Waals surface area contributed by atoms with Crippen LogP contribution in [0.4, 0.5) is 0 Å². The minimum absolute atomic E-state index is 0.0688. The molecule has 1 N–H and O–H groups in total.